The van der Waals surface area contributed by atoms with Crippen molar-refractivity contribution < 1.29 is 47.9 Å². The topological polar surface area (TPSA) is 155 Å². The Bertz CT molecular complexity index is 1520. The Morgan fingerprint density at radius 1 is 0.879 bits per heavy atom. The molecule has 8 aliphatic heterocycles. The maximum atomic E-state index is 13.7. The van der Waals surface area contributed by atoms with Gasteiger partial charge in [-0.25, -0.2) is 0 Å². The highest BCUT2D eigenvalue weighted by atomic mass is 16.8. The molecule has 4 N–H and O–H groups in total. The molecule has 13 nitrogen and oxygen atoms in total. The van der Waals surface area contributed by atoms with Crippen molar-refractivity contribution >= 4 is 11.7 Å². The van der Waals surface area contributed by atoms with Crippen LogP contribution >= 0.6 is 0 Å². The van der Waals surface area contributed by atoms with Crippen molar-refractivity contribution in [1.29, 1.82) is 0 Å². The molecule has 1 amide bonds. The Morgan fingerprint density at radius 2 is 1.62 bits per heavy atom. The van der Waals surface area contributed by atoms with Crippen LogP contribution in [0.15, 0.2) is 36.7 Å². The number of carbonyl (C=O) groups excluding carboxylic acids is 2. The lowest BCUT2D eigenvalue weighted by atomic mass is 9.82. The van der Waals surface area contributed by atoms with Gasteiger partial charge in [0.15, 0.2) is 5.79 Å². The van der Waals surface area contributed by atoms with Crippen LogP contribution in [-0.2, 0) is 42.7 Å². The van der Waals surface area contributed by atoms with Gasteiger partial charge in [-0.15, -0.1) is 0 Å². The van der Waals surface area contributed by atoms with Crippen molar-refractivity contribution in [2.24, 2.45) is 17.8 Å². The quantitative estimate of drug-likeness (QED) is 0.126. The van der Waals surface area contributed by atoms with E-state index in [0.29, 0.717) is 37.8 Å². The van der Waals surface area contributed by atoms with Crippen LogP contribution in [0.1, 0.15) is 112 Å². The molecular weight excluding hydrogens is 743 g/mol. The van der Waals surface area contributed by atoms with Gasteiger partial charge in [-0.1, -0.05) is 54.4 Å². The van der Waals surface area contributed by atoms with Crippen LogP contribution in [0.25, 0.3) is 0 Å². The minimum Gasteiger partial charge on any atom is -0.391 e. The summed E-state index contributed by atoms with van der Waals surface area (Å²) in [6, 6.07) is -0.385. The Balaban J connectivity index is 0.858. The molecule has 0 radical (unpaired) electrons. The first-order chi connectivity index (χ1) is 27.7. The van der Waals surface area contributed by atoms with Gasteiger partial charge < -0.3 is 54.2 Å². The third kappa shape index (κ3) is 9.42. The summed E-state index contributed by atoms with van der Waals surface area (Å²) in [5.41, 5.74) is 2.60. The van der Waals surface area contributed by atoms with Gasteiger partial charge in [0.2, 0.25) is 5.91 Å². The van der Waals surface area contributed by atoms with Crippen LogP contribution in [0.5, 0.6) is 0 Å². The normalized spacial score (nSPS) is 40.9. The maximum absolute atomic E-state index is 13.7. The molecule has 0 aliphatic carbocycles. The number of ether oxygens (including phenoxy) is 7. The molecule has 0 saturated carbocycles. The Morgan fingerprint density at radius 3 is 2.34 bits per heavy atom. The number of Topliss-reactive ketones (excluding diaryl/α,β-unsaturated/α-hetero) is 1. The molecule has 0 aromatic heterocycles. The second-order valence-corrected chi connectivity index (χ2v) is 18.7. The van der Waals surface area contributed by atoms with Gasteiger partial charge in [0, 0.05) is 50.0 Å². The van der Waals surface area contributed by atoms with Gasteiger partial charge in [-0.2, -0.15) is 0 Å². The summed E-state index contributed by atoms with van der Waals surface area (Å²) in [5, 5.41) is 20.2. The number of ketones is 1. The molecule has 0 spiro atoms. The zero-order valence-electron chi connectivity index (χ0n) is 35.8. The Hall–Kier alpha value is -2.36. The molecule has 8 fully saturated rings. The van der Waals surface area contributed by atoms with E-state index in [1.54, 1.807) is 0 Å². The van der Waals surface area contributed by atoms with E-state index >= 15 is 0 Å². The number of fused-ring (bicyclic) bond motifs is 1. The average molecular weight is 814 g/mol. The molecule has 0 aromatic carbocycles. The number of carbonyl (C=O) groups is 2. The van der Waals surface area contributed by atoms with Crippen molar-refractivity contribution in [2.45, 2.75) is 203 Å². The standard InChI is InChI=1S/C45H71N3O10/c1-10-25(6)48-38(23(3)4)44(51)47-21-26(7)46-22-30(50)19-36-27(8)33(28(9)52-36)18-29(49)17-31-12-13-35-39(54-31)43-42-41(55-35)40-37(56-42)20-45(57-40,58-43)15-14-32-16-24(5)34(11-2)53-32/h23,27-28,30-43,46,48,50H,5-7,10-22H2,1-4,8-9H3,(H,47,51)/t27-,28+,30+,31-,32+,33-,34+,35+,36-,37?,38+,39+,40+,41?,42?,43+,45+/m1/s1. The predicted molar refractivity (Wildman–Crippen MR) is 217 cm³/mol. The number of hydrogen-bond donors (Lipinski definition) is 4. The highest BCUT2D eigenvalue weighted by molar-refractivity contribution is 5.82. The summed E-state index contributed by atoms with van der Waals surface area (Å²) in [4.78, 5) is 26.5. The van der Waals surface area contributed by atoms with Crippen molar-refractivity contribution in [3.05, 3.63) is 36.7 Å². The molecule has 326 valence electrons. The number of allylic oxidation sites excluding steroid dienone is 1. The van der Waals surface area contributed by atoms with Gasteiger partial charge in [0.25, 0.3) is 0 Å². The fourth-order valence-electron chi connectivity index (χ4n) is 10.6. The lowest BCUT2D eigenvalue weighted by Gasteiger charge is -2.47. The van der Waals surface area contributed by atoms with E-state index in [2.05, 4.69) is 49.5 Å². The summed E-state index contributed by atoms with van der Waals surface area (Å²) in [6.07, 6.45) is 5.06. The molecule has 8 heterocycles. The molecule has 8 aliphatic rings. The second kappa shape index (κ2) is 18.3. The number of aliphatic hydroxyl groups is 1. The van der Waals surface area contributed by atoms with Gasteiger partial charge >= 0.3 is 0 Å². The third-order valence-corrected chi connectivity index (χ3v) is 14.0. The molecular formula is C45H71N3O10. The van der Waals surface area contributed by atoms with Crippen LogP contribution in [-0.4, -0.2) is 121 Å². The zero-order chi connectivity index (χ0) is 41.5. The van der Waals surface area contributed by atoms with Crippen LogP contribution in [0.3, 0.4) is 0 Å². The number of amides is 1. The van der Waals surface area contributed by atoms with Crippen LogP contribution in [0.4, 0.5) is 0 Å². The minimum atomic E-state index is -0.761. The van der Waals surface area contributed by atoms with Gasteiger partial charge in [0.1, 0.15) is 42.3 Å². The van der Waals surface area contributed by atoms with Crippen molar-refractivity contribution in [1.82, 2.24) is 16.0 Å². The summed E-state index contributed by atoms with van der Waals surface area (Å²) in [7, 11) is 0. The van der Waals surface area contributed by atoms with Gasteiger partial charge in [-0.3, -0.25) is 9.59 Å². The van der Waals surface area contributed by atoms with E-state index in [4.69, 9.17) is 33.2 Å². The van der Waals surface area contributed by atoms with Crippen LogP contribution in [0.2, 0.25) is 0 Å². The Labute approximate surface area is 345 Å². The number of aliphatic hydroxyl groups excluding tert-OH is 1. The highest BCUT2D eigenvalue weighted by Gasteiger charge is 2.68. The maximum Gasteiger partial charge on any atom is 0.243 e. The van der Waals surface area contributed by atoms with E-state index in [9.17, 15) is 14.7 Å². The molecule has 17 atom stereocenters. The molecule has 0 aromatic rings. The minimum absolute atomic E-state index is 0.0377. The molecule has 13 heteroatoms. The SMILES string of the molecule is C=C(CNC(=O)[C@@H](NC(=C)CC)C(C)C)NC[C@@H](O)C[C@H]1O[C@@H](C)[C@H](CC(=O)C[C@H]2CC[C@@H]3OC4C5OC6C[C@@](CC[C@H]7CC(=C)[C@H](CC)O7)(O[C@@H]64)O[C@H]5[C@H]3O2)[C@H]1C. The molecule has 3 unspecified atom stereocenters. The third-order valence-electron chi connectivity index (χ3n) is 14.0. The smallest absolute Gasteiger partial charge is 0.243 e. The second-order valence-electron chi connectivity index (χ2n) is 18.7. The molecule has 6 bridgehead atoms. The first-order valence-electron chi connectivity index (χ1n) is 22.3. The first kappa shape index (κ1) is 43.7. The van der Waals surface area contributed by atoms with Crippen molar-refractivity contribution in [3.63, 3.8) is 0 Å². The van der Waals surface area contributed by atoms with Crippen molar-refractivity contribution in [2.75, 3.05) is 13.1 Å². The fraction of sp³-hybridized carbons (Fsp3) is 0.822. The Kier molecular flexibility index (Phi) is 13.8. The lowest BCUT2D eigenvalue weighted by Crippen LogP contribution is -2.61. The van der Waals surface area contributed by atoms with E-state index in [0.717, 1.165) is 44.2 Å². The highest BCUT2D eigenvalue weighted by Crippen LogP contribution is 2.54. The average Bonchev–Trinajstić information content (AvgIpc) is 3.85. The van der Waals surface area contributed by atoms with Crippen molar-refractivity contribution in [3.8, 4) is 0 Å². The number of nitrogens with one attached hydrogen (secondary N) is 3. The van der Waals surface area contributed by atoms with E-state index in [1.165, 1.54) is 5.57 Å². The van der Waals surface area contributed by atoms with E-state index in [1.807, 2.05) is 27.7 Å². The zero-order valence-corrected chi connectivity index (χ0v) is 35.8. The fourth-order valence-corrected chi connectivity index (χ4v) is 10.6. The summed E-state index contributed by atoms with van der Waals surface area (Å²) < 4.78 is 46.2. The summed E-state index contributed by atoms with van der Waals surface area (Å²) in [6.45, 7) is 25.0. The lowest BCUT2D eigenvalue weighted by molar-refractivity contribution is -0.292. The first-order valence-corrected chi connectivity index (χ1v) is 22.3. The molecule has 8 rings (SSSR count). The summed E-state index contributed by atoms with van der Waals surface area (Å²) >= 11 is 0. The summed E-state index contributed by atoms with van der Waals surface area (Å²) in [5.74, 6) is -0.512. The predicted octanol–water partition coefficient (Wildman–Crippen LogP) is 4.75. The van der Waals surface area contributed by atoms with Gasteiger partial charge in [-0.05, 0) is 68.8 Å². The van der Waals surface area contributed by atoms with E-state index < -0.39 is 11.9 Å². The number of rotatable bonds is 20. The van der Waals surface area contributed by atoms with Crippen LogP contribution in [0, 0.1) is 17.8 Å². The largest absolute Gasteiger partial charge is 0.391 e. The van der Waals surface area contributed by atoms with Gasteiger partial charge in [0.05, 0.1) is 55.4 Å². The van der Waals surface area contributed by atoms with Crippen LogP contribution < -0.4 is 16.0 Å². The molecule has 58 heavy (non-hydrogen) atoms. The number of hydrogen-bond acceptors (Lipinski definition) is 12. The molecule has 8 saturated heterocycles. The monoisotopic (exact) mass is 814 g/mol. The van der Waals surface area contributed by atoms with E-state index in [-0.39, 0.29) is 122 Å².